The van der Waals surface area contributed by atoms with Crippen molar-refractivity contribution in [3.63, 3.8) is 0 Å². The highest BCUT2D eigenvalue weighted by atomic mass is 32.2. The van der Waals surface area contributed by atoms with E-state index in [4.69, 9.17) is 23.7 Å². The molecule has 9 N–H and O–H groups in total. The molecule has 19 heteroatoms. The lowest BCUT2D eigenvalue weighted by molar-refractivity contribution is -0.176. The Bertz CT molecular complexity index is 1970. The molecule has 7 unspecified atom stereocenters. The molecule has 22 atom stereocenters. The van der Waals surface area contributed by atoms with Gasteiger partial charge in [0, 0.05) is 106 Å². The van der Waals surface area contributed by atoms with Gasteiger partial charge in [0.25, 0.3) is 0 Å². The zero-order chi connectivity index (χ0) is 51.2. The van der Waals surface area contributed by atoms with Crippen LogP contribution in [0.15, 0.2) is 34.5 Å². The third-order valence-electron chi connectivity index (χ3n) is 19.8. The summed E-state index contributed by atoms with van der Waals surface area (Å²) in [6.07, 6.45) is 17.7. The Morgan fingerprint density at radius 2 is 1.57 bits per heavy atom. The van der Waals surface area contributed by atoms with Crippen molar-refractivity contribution in [1.82, 2.24) is 46.6 Å². The van der Waals surface area contributed by atoms with Gasteiger partial charge in [-0.2, -0.15) is 0 Å². The minimum Gasteiger partial charge on any atom is -0.381 e. The van der Waals surface area contributed by atoms with Gasteiger partial charge >= 0.3 is 0 Å². The van der Waals surface area contributed by atoms with Crippen LogP contribution in [-0.4, -0.2) is 200 Å². The maximum Gasteiger partial charge on any atom is 0.213 e. The maximum atomic E-state index is 17.3. The molecule has 418 valence electrons. The first kappa shape index (κ1) is 54.8. The van der Waals surface area contributed by atoms with Gasteiger partial charge in [0.1, 0.15) is 18.3 Å². The van der Waals surface area contributed by atoms with E-state index in [1.807, 2.05) is 17.8 Å². The van der Waals surface area contributed by atoms with E-state index in [-0.39, 0.29) is 96.7 Å². The highest BCUT2D eigenvalue weighted by Gasteiger charge is 2.58. The number of rotatable bonds is 18. The van der Waals surface area contributed by atoms with Gasteiger partial charge in [-0.05, 0) is 140 Å². The Balaban J connectivity index is 0.749. The first-order valence-electron chi connectivity index (χ1n) is 29.2. The van der Waals surface area contributed by atoms with Crippen LogP contribution in [0.3, 0.4) is 0 Å². The van der Waals surface area contributed by atoms with E-state index in [0.29, 0.717) is 48.9 Å². The van der Waals surface area contributed by atoms with Crippen LogP contribution in [0.1, 0.15) is 111 Å². The Labute approximate surface area is 444 Å². The van der Waals surface area contributed by atoms with Crippen molar-refractivity contribution >= 4 is 11.8 Å². The molecule has 0 aromatic heterocycles. The largest absolute Gasteiger partial charge is 0.381 e. The van der Waals surface area contributed by atoms with E-state index in [9.17, 15) is 15.3 Å². The van der Waals surface area contributed by atoms with Crippen LogP contribution in [-0.2, 0) is 23.7 Å². The van der Waals surface area contributed by atoms with Gasteiger partial charge in [0.05, 0.1) is 42.6 Å². The summed E-state index contributed by atoms with van der Waals surface area (Å²) in [5.74, 6) is 0.636. The number of hydrogen-bond donors (Lipinski definition) is 9. The number of methoxy groups -OCH3 is 2. The van der Waals surface area contributed by atoms with Gasteiger partial charge in [-0.25, -0.2) is 4.39 Å². The summed E-state index contributed by atoms with van der Waals surface area (Å²) in [4.78, 5) is 8.80. The van der Waals surface area contributed by atoms with Crippen molar-refractivity contribution in [2.75, 3.05) is 60.2 Å². The van der Waals surface area contributed by atoms with Crippen LogP contribution in [0.5, 0.6) is 0 Å². The fourth-order valence-corrected chi connectivity index (χ4v) is 17.4. The molecule has 11 rings (SSSR count). The Morgan fingerprint density at radius 3 is 2.34 bits per heavy atom. The summed E-state index contributed by atoms with van der Waals surface area (Å²) in [6.45, 7) is 12.2. The molecule has 0 bridgehead atoms. The first-order chi connectivity index (χ1) is 36.0. The molecule has 8 saturated heterocycles. The summed E-state index contributed by atoms with van der Waals surface area (Å²) in [6, 6.07) is 0.787. The molecule has 0 saturated carbocycles. The lowest BCUT2D eigenvalue weighted by atomic mass is 9.75. The monoisotopic (exact) mass is 1060 g/mol. The lowest BCUT2D eigenvalue weighted by Gasteiger charge is -2.51. The number of aliphatic hydroxyl groups excluding tert-OH is 3. The highest BCUT2D eigenvalue weighted by molar-refractivity contribution is 8.04. The van der Waals surface area contributed by atoms with E-state index in [1.165, 1.54) is 17.6 Å². The SMILES string of the molecule is CC[C@H]1CC=C(C2OC3C[C@H]([C@@H]4CNC([C@@H]5CCCN5[C@@H](O)C(N[C@@H](O)OC)C5CCOCC5)N4)C=C(F)[C@@H]3[C@@H]3C[C@@H]4CC([C@H]5CNC([C@@H]6CCCN6CC(N[C@H](O)OC)C6C[C@@H](C)O[C@@H](C)C6)N5)=CC[C@@H]4N23)S1. The van der Waals surface area contributed by atoms with Gasteiger partial charge in [-0.3, -0.25) is 46.6 Å². The topological polar surface area (TPSA) is 189 Å². The summed E-state index contributed by atoms with van der Waals surface area (Å²) >= 11 is 1.99. The number of nitrogens with one attached hydrogen (secondary N) is 6. The lowest BCUT2D eigenvalue weighted by Crippen LogP contribution is -2.61. The number of thioether (sulfide) groups is 1. The van der Waals surface area contributed by atoms with E-state index in [1.54, 1.807) is 7.11 Å². The third kappa shape index (κ3) is 11.6. The second-order valence-electron chi connectivity index (χ2n) is 24.2. The number of ether oxygens (including phenoxy) is 5. The average molecular weight is 1060 g/mol. The minimum absolute atomic E-state index is 0.00288. The predicted octanol–water partition coefficient (Wildman–Crippen LogP) is 3.19. The summed E-state index contributed by atoms with van der Waals surface area (Å²) in [5, 5.41) is 56.0. The quantitative estimate of drug-likeness (QED) is 0.0719. The van der Waals surface area contributed by atoms with Crippen molar-refractivity contribution in [2.24, 2.45) is 29.6 Å². The number of allylic oxidation sites excluding steroid dienone is 1. The number of likely N-dealkylation sites (tertiary alicyclic amines) is 2. The highest BCUT2D eigenvalue weighted by Crippen LogP contribution is 2.54. The van der Waals surface area contributed by atoms with Crippen LogP contribution in [0.25, 0.3) is 0 Å². The molecule has 0 spiro atoms. The van der Waals surface area contributed by atoms with Gasteiger partial charge in [0.15, 0.2) is 0 Å². The number of halogens is 1. The van der Waals surface area contributed by atoms with Crippen molar-refractivity contribution in [3.05, 3.63) is 34.5 Å². The smallest absolute Gasteiger partial charge is 0.213 e. The molecule has 8 fully saturated rings. The number of nitrogens with zero attached hydrogens (tertiary/aromatic N) is 3. The Kier molecular flexibility index (Phi) is 18.0. The zero-order valence-electron chi connectivity index (χ0n) is 44.9. The molecule has 17 nitrogen and oxygen atoms in total. The second kappa shape index (κ2) is 24.3. The molecular weight excluding hydrogens is 966 g/mol. The Hall–Kier alpha value is -1.18. The van der Waals surface area contributed by atoms with Crippen molar-refractivity contribution in [3.8, 4) is 0 Å². The van der Waals surface area contributed by atoms with Gasteiger partial charge < -0.3 is 39.0 Å². The molecule has 2 aliphatic carbocycles. The Morgan fingerprint density at radius 1 is 0.824 bits per heavy atom. The molecule has 74 heavy (non-hydrogen) atoms. The van der Waals surface area contributed by atoms with Gasteiger partial charge in [0.2, 0.25) is 12.8 Å². The standard InChI is InChI=1S/C55H92FN9O8S/c1-6-37-12-14-47(74-37)53-65-42-13-11-33(39-27-57-50(59-39)43-9-7-17-63(43)29-41(61-54(67)69-4)34-21-30(2)72-31(3)22-34)23-36(42)25-45(65)48-38(56)24-35(26-46(48)73-53)40-28-58-51(60-40)44-10-8-18-64(44)52(66)49(62-55(68)70-5)32-15-19-71-20-16-32/h11,14,24,30-32,34-37,39-46,48-55,57-62,66-68H,6-10,12-13,15-23,25-29H2,1-5H3/t30-,31+,34?,35-,36+,37+,39-,40+,41?,42+,43+,44+,45+,46?,48-,49?,50?,51?,52+,53?,54-,55+/m1/s1. The summed E-state index contributed by atoms with van der Waals surface area (Å²) in [5.41, 5.74) is 1.50. The van der Waals surface area contributed by atoms with Crippen molar-refractivity contribution < 1.29 is 43.4 Å². The molecule has 0 aromatic carbocycles. The molecule has 0 radical (unpaired) electrons. The van der Waals surface area contributed by atoms with Crippen LogP contribution < -0.4 is 31.9 Å². The zero-order valence-corrected chi connectivity index (χ0v) is 45.7. The molecule has 9 aliphatic heterocycles. The maximum absolute atomic E-state index is 17.3. The summed E-state index contributed by atoms with van der Waals surface area (Å²) < 4.78 is 46.9. The summed E-state index contributed by atoms with van der Waals surface area (Å²) in [7, 11) is 3.01. The molecule has 9 heterocycles. The van der Waals surface area contributed by atoms with E-state index in [0.717, 1.165) is 116 Å². The number of aliphatic hydroxyl groups is 3. The molecule has 0 aromatic rings. The van der Waals surface area contributed by atoms with Crippen LogP contribution in [0.4, 0.5) is 4.39 Å². The average Bonchev–Trinajstić information content (AvgIpc) is 4.28. The van der Waals surface area contributed by atoms with E-state index >= 15 is 4.39 Å². The van der Waals surface area contributed by atoms with Crippen LogP contribution in [0, 0.1) is 29.6 Å². The van der Waals surface area contributed by atoms with Crippen molar-refractivity contribution in [2.45, 2.75) is 220 Å². The predicted molar refractivity (Wildman–Crippen MR) is 283 cm³/mol. The number of fused-ring (bicyclic) bond motifs is 5. The van der Waals surface area contributed by atoms with Gasteiger partial charge in [-0.1, -0.05) is 24.6 Å². The third-order valence-corrected chi connectivity index (χ3v) is 21.3. The molecular formula is C55H92FN9O8S. The van der Waals surface area contributed by atoms with Crippen molar-refractivity contribution in [1.29, 1.82) is 0 Å². The second-order valence-corrected chi connectivity index (χ2v) is 25.6. The van der Waals surface area contributed by atoms with E-state index < -0.39 is 19.1 Å². The van der Waals surface area contributed by atoms with Gasteiger partial charge in [-0.15, -0.1) is 11.8 Å². The fraction of sp³-hybridized carbons (Fsp3) is 0.891. The number of hydrogen-bond acceptors (Lipinski definition) is 18. The normalized spacial score (nSPS) is 43.6. The first-order valence-corrected chi connectivity index (χ1v) is 30.0. The van der Waals surface area contributed by atoms with Crippen LogP contribution in [0.2, 0.25) is 0 Å². The fourth-order valence-electron chi connectivity index (χ4n) is 16.2. The van der Waals surface area contributed by atoms with Crippen LogP contribution >= 0.6 is 11.8 Å². The molecule has 0 amide bonds. The van der Waals surface area contributed by atoms with E-state index in [2.05, 4.69) is 79.5 Å². The molecule has 11 aliphatic rings. The minimum atomic E-state index is -1.17.